The van der Waals surface area contributed by atoms with E-state index in [-0.39, 0.29) is 0 Å². The van der Waals surface area contributed by atoms with Crippen molar-refractivity contribution in [1.82, 2.24) is 9.97 Å². The summed E-state index contributed by atoms with van der Waals surface area (Å²) in [5, 5.41) is 0. The van der Waals surface area contributed by atoms with E-state index in [4.69, 9.17) is 10.5 Å². The molecule has 2 rings (SSSR count). The third kappa shape index (κ3) is 5.63. The first-order chi connectivity index (χ1) is 11.1. The van der Waals surface area contributed by atoms with Crippen molar-refractivity contribution in [3.05, 3.63) is 33.7 Å². The number of aromatic nitrogens is 3. The lowest BCUT2D eigenvalue weighted by Crippen LogP contribution is -2.35. The van der Waals surface area contributed by atoms with E-state index in [0.717, 1.165) is 37.4 Å². The molecule has 2 N–H and O–H groups in total. The Hall–Kier alpha value is -0.830. The summed E-state index contributed by atoms with van der Waals surface area (Å²) < 4.78 is 7.86. The summed E-state index contributed by atoms with van der Waals surface area (Å²) in [4.78, 5) is 9.80. The van der Waals surface area contributed by atoms with E-state index in [1.807, 2.05) is 13.1 Å². The molecule has 0 unspecified atom stereocenters. The second-order valence-electron chi connectivity index (χ2n) is 5.24. The molecule has 0 atom stereocenters. The zero-order valence-electron chi connectivity index (χ0n) is 13.5. The van der Waals surface area contributed by atoms with Gasteiger partial charge in [0.2, 0.25) is 5.51 Å². The Morgan fingerprint density at radius 3 is 2.96 bits per heavy atom. The van der Waals surface area contributed by atoms with Gasteiger partial charge in [-0.25, -0.2) is 9.97 Å². The Labute approximate surface area is 150 Å². The zero-order chi connectivity index (χ0) is 16.7. The SMILES string of the molecule is Cc1ncc(C[n+]2csc(CCOCCCSS)c2C)c(N)n1. The quantitative estimate of drug-likeness (QED) is 0.307. The van der Waals surface area contributed by atoms with Crippen molar-refractivity contribution in [2.24, 2.45) is 0 Å². The molecule has 0 amide bonds. The molecule has 5 nitrogen and oxygen atoms in total. The van der Waals surface area contributed by atoms with Crippen LogP contribution in [0.2, 0.25) is 0 Å². The average Bonchev–Trinajstić information content (AvgIpc) is 2.86. The van der Waals surface area contributed by atoms with E-state index in [9.17, 15) is 0 Å². The van der Waals surface area contributed by atoms with E-state index in [2.05, 4.69) is 38.6 Å². The van der Waals surface area contributed by atoms with E-state index < -0.39 is 0 Å². The summed E-state index contributed by atoms with van der Waals surface area (Å²) in [7, 11) is 1.56. The molecule has 8 heteroatoms. The van der Waals surface area contributed by atoms with Crippen molar-refractivity contribution in [1.29, 1.82) is 0 Å². The van der Waals surface area contributed by atoms with Crippen LogP contribution in [0.15, 0.2) is 11.7 Å². The fourth-order valence-corrected chi connectivity index (χ4v) is 3.77. The summed E-state index contributed by atoms with van der Waals surface area (Å²) in [6, 6.07) is 0. The topological polar surface area (TPSA) is 64.9 Å². The van der Waals surface area contributed by atoms with Gasteiger partial charge >= 0.3 is 0 Å². The molecule has 0 saturated carbocycles. The minimum atomic E-state index is 0.558. The van der Waals surface area contributed by atoms with Gasteiger partial charge in [0.05, 0.1) is 17.0 Å². The summed E-state index contributed by atoms with van der Waals surface area (Å²) >= 11 is 5.87. The first-order valence-corrected chi connectivity index (χ1v) is 10.4. The Morgan fingerprint density at radius 2 is 2.22 bits per heavy atom. The molecule has 2 aromatic heterocycles. The molecule has 0 radical (unpaired) electrons. The molecule has 0 saturated heterocycles. The Bertz CT molecular complexity index is 633. The number of rotatable bonds is 9. The van der Waals surface area contributed by atoms with Gasteiger partial charge in [-0.1, -0.05) is 22.1 Å². The van der Waals surface area contributed by atoms with Gasteiger partial charge in [0.25, 0.3) is 0 Å². The lowest BCUT2D eigenvalue weighted by molar-refractivity contribution is -0.689. The fraction of sp³-hybridized carbons (Fsp3) is 0.533. The second-order valence-corrected chi connectivity index (χ2v) is 7.62. The average molecular weight is 372 g/mol. The van der Waals surface area contributed by atoms with Gasteiger partial charge in [0.1, 0.15) is 11.6 Å². The number of nitrogens with two attached hydrogens (primary N) is 1. The van der Waals surface area contributed by atoms with Crippen LogP contribution in [0.4, 0.5) is 5.82 Å². The van der Waals surface area contributed by atoms with Gasteiger partial charge in [0, 0.05) is 31.9 Å². The predicted molar refractivity (Wildman–Crippen MR) is 100 cm³/mol. The lowest BCUT2D eigenvalue weighted by atomic mass is 10.2. The van der Waals surface area contributed by atoms with Crippen molar-refractivity contribution < 1.29 is 9.30 Å². The van der Waals surface area contributed by atoms with Crippen LogP contribution in [0.3, 0.4) is 0 Å². The van der Waals surface area contributed by atoms with Crippen LogP contribution in [0.25, 0.3) is 0 Å². The molecular formula is C15H23N4OS3+. The maximum absolute atomic E-state index is 5.98. The molecule has 0 bridgehead atoms. The van der Waals surface area contributed by atoms with Gasteiger partial charge < -0.3 is 10.5 Å². The number of thiol groups is 1. The van der Waals surface area contributed by atoms with Crippen LogP contribution in [0.1, 0.15) is 28.4 Å². The molecule has 0 aliphatic rings. The summed E-state index contributed by atoms with van der Waals surface area (Å²) in [5.74, 6) is 2.29. The zero-order valence-corrected chi connectivity index (χ0v) is 16.0. The minimum absolute atomic E-state index is 0.558. The molecule has 0 aliphatic heterocycles. The van der Waals surface area contributed by atoms with Crippen molar-refractivity contribution >= 4 is 39.6 Å². The van der Waals surface area contributed by atoms with Crippen molar-refractivity contribution in [2.45, 2.75) is 33.2 Å². The molecule has 2 heterocycles. The monoisotopic (exact) mass is 371 g/mol. The van der Waals surface area contributed by atoms with Crippen LogP contribution >= 0.6 is 33.8 Å². The maximum Gasteiger partial charge on any atom is 0.225 e. The van der Waals surface area contributed by atoms with Crippen LogP contribution in [-0.2, 0) is 17.7 Å². The molecule has 0 aromatic carbocycles. The third-order valence-corrected chi connectivity index (χ3v) is 5.68. The molecule has 0 spiro atoms. The molecule has 23 heavy (non-hydrogen) atoms. The number of nitrogen functional groups attached to an aromatic ring is 1. The van der Waals surface area contributed by atoms with Crippen molar-refractivity contribution in [2.75, 3.05) is 24.7 Å². The van der Waals surface area contributed by atoms with E-state index in [1.54, 1.807) is 22.1 Å². The number of aryl methyl sites for hydroxylation is 1. The highest BCUT2D eigenvalue weighted by Gasteiger charge is 2.17. The number of thiazole rings is 1. The standard InChI is InChI=1S/C15H22N4OS3/c1-11-14(4-6-20-5-3-7-23-21)22-10-19(11)9-13-8-17-12(2)18-15(13)16/h8,10H,3-7,9H2,1-2H3,(H2-,16,17,18,21)/p+1. The number of nitrogens with zero attached hydrogens (tertiary/aromatic N) is 3. The first kappa shape index (κ1) is 18.5. The van der Waals surface area contributed by atoms with Gasteiger partial charge in [0.15, 0.2) is 12.2 Å². The highest BCUT2D eigenvalue weighted by Crippen LogP contribution is 2.14. The number of hydrogen-bond acceptors (Lipinski definition) is 7. The highest BCUT2D eigenvalue weighted by atomic mass is 33.1. The molecule has 0 aliphatic carbocycles. The van der Waals surface area contributed by atoms with Gasteiger partial charge in [-0.2, -0.15) is 4.57 Å². The van der Waals surface area contributed by atoms with Crippen molar-refractivity contribution in [3.63, 3.8) is 0 Å². The van der Waals surface area contributed by atoms with E-state index in [0.29, 0.717) is 18.2 Å². The van der Waals surface area contributed by atoms with Gasteiger partial charge in [-0.05, 0) is 13.3 Å². The van der Waals surface area contributed by atoms with Crippen LogP contribution in [0, 0.1) is 13.8 Å². The Morgan fingerprint density at radius 1 is 1.39 bits per heavy atom. The fourth-order valence-electron chi connectivity index (χ4n) is 2.16. The lowest BCUT2D eigenvalue weighted by Gasteiger charge is -2.03. The van der Waals surface area contributed by atoms with Crippen molar-refractivity contribution in [3.8, 4) is 0 Å². The number of hydrogen-bond donors (Lipinski definition) is 2. The maximum atomic E-state index is 5.98. The summed E-state index contributed by atoms with van der Waals surface area (Å²) in [6.07, 6.45) is 3.80. The smallest absolute Gasteiger partial charge is 0.225 e. The number of anilines is 1. The third-order valence-electron chi connectivity index (χ3n) is 3.51. The molecular weight excluding hydrogens is 348 g/mol. The molecule has 2 aromatic rings. The van der Waals surface area contributed by atoms with Gasteiger partial charge in [-0.15, -0.1) is 11.7 Å². The normalized spacial score (nSPS) is 11.1. The Kier molecular flexibility index (Phi) is 7.61. The first-order valence-electron chi connectivity index (χ1n) is 7.50. The van der Waals surface area contributed by atoms with Crippen LogP contribution in [-0.4, -0.2) is 28.9 Å². The molecule has 0 fully saturated rings. The molecule has 126 valence electrons. The van der Waals surface area contributed by atoms with Crippen LogP contribution in [0.5, 0.6) is 0 Å². The summed E-state index contributed by atoms with van der Waals surface area (Å²) in [6.45, 7) is 6.24. The Balaban J connectivity index is 1.89. The number of ether oxygens (including phenoxy) is 1. The largest absolute Gasteiger partial charge is 0.383 e. The van der Waals surface area contributed by atoms with E-state index >= 15 is 0 Å². The van der Waals surface area contributed by atoms with Crippen LogP contribution < -0.4 is 10.3 Å². The highest BCUT2D eigenvalue weighted by molar-refractivity contribution is 8.68. The van der Waals surface area contributed by atoms with Gasteiger partial charge in [-0.3, -0.25) is 0 Å². The summed E-state index contributed by atoms with van der Waals surface area (Å²) in [5.41, 5.74) is 10.3. The predicted octanol–water partition coefficient (Wildman–Crippen LogP) is 2.60. The van der Waals surface area contributed by atoms with E-state index in [1.165, 1.54) is 10.6 Å². The minimum Gasteiger partial charge on any atom is -0.383 e. The second kappa shape index (κ2) is 9.46.